The Morgan fingerprint density at radius 3 is 2.69 bits per heavy atom. The highest BCUT2D eigenvalue weighted by Gasteiger charge is 2.11. The minimum Gasteiger partial charge on any atom is -0.467 e. The number of methoxy groups -OCH3 is 1. The van der Waals surface area contributed by atoms with E-state index < -0.39 is 0 Å². The fourth-order valence-electron chi connectivity index (χ4n) is 0.934. The Labute approximate surface area is 76.9 Å². The Balaban J connectivity index is 2.55. The molecule has 0 aromatic carbocycles. The molecule has 0 spiro atoms. The molecule has 1 heterocycles. The van der Waals surface area contributed by atoms with Gasteiger partial charge in [0.25, 0.3) is 0 Å². The van der Waals surface area contributed by atoms with Gasteiger partial charge in [-0.05, 0) is 19.1 Å². The van der Waals surface area contributed by atoms with Gasteiger partial charge in [-0.25, -0.2) is 4.79 Å². The van der Waals surface area contributed by atoms with Gasteiger partial charge in [-0.3, -0.25) is 4.98 Å². The highest BCUT2D eigenvalue weighted by atomic mass is 16.5. The number of pyridine rings is 1. The van der Waals surface area contributed by atoms with Gasteiger partial charge in [0.05, 0.1) is 7.11 Å². The number of anilines is 1. The van der Waals surface area contributed by atoms with Crippen LogP contribution in [0.15, 0.2) is 24.5 Å². The zero-order valence-electron chi connectivity index (χ0n) is 7.65. The smallest absolute Gasteiger partial charge is 0.327 e. The molecule has 0 amide bonds. The predicted octanol–water partition coefficient (Wildman–Crippen LogP) is 1.05. The Hall–Kier alpha value is -1.58. The summed E-state index contributed by atoms with van der Waals surface area (Å²) in [7, 11) is 1.37. The van der Waals surface area contributed by atoms with Crippen molar-refractivity contribution in [3.63, 3.8) is 0 Å². The lowest BCUT2D eigenvalue weighted by atomic mass is 10.3. The van der Waals surface area contributed by atoms with E-state index in [1.54, 1.807) is 31.5 Å². The quantitative estimate of drug-likeness (QED) is 0.706. The molecule has 1 atom stereocenters. The van der Waals surface area contributed by atoms with Crippen LogP contribution in [0.2, 0.25) is 0 Å². The van der Waals surface area contributed by atoms with Crippen LogP contribution < -0.4 is 5.32 Å². The highest BCUT2D eigenvalue weighted by molar-refractivity contribution is 5.78. The maximum Gasteiger partial charge on any atom is 0.327 e. The molecule has 0 unspecified atom stereocenters. The van der Waals surface area contributed by atoms with Gasteiger partial charge < -0.3 is 10.1 Å². The molecule has 1 rings (SSSR count). The minimum atomic E-state index is -0.340. The summed E-state index contributed by atoms with van der Waals surface area (Å²) in [4.78, 5) is 14.9. The zero-order chi connectivity index (χ0) is 9.68. The van der Waals surface area contributed by atoms with Crippen molar-refractivity contribution in [1.29, 1.82) is 0 Å². The molecule has 0 saturated heterocycles. The summed E-state index contributed by atoms with van der Waals surface area (Å²) >= 11 is 0. The summed E-state index contributed by atoms with van der Waals surface area (Å²) in [5, 5.41) is 2.98. The number of ether oxygens (including phenoxy) is 1. The predicted molar refractivity (Wildman–Crippen MR) is 49.3 cm³/mol. The average molecular weight is 180 g/mol. The van der Waals surface area contributed by atoms with Crippen molar-refractivity contribution in [2.24, 2.45) is 0 Å². The first-order valence-electron chi connectivity index (χ1n) is 3.98. The number of carbonyl (C=O) groups excluding carboxylic acids is 1. The van der Waals surface area contributed by atoms with Gasteiger partial charge in [-0.15, -0.1) is 0 Å². The van der Waals surface area contributed by atoms with Crippen LogP contribution in [0.4, 0.5) is 5.69 Å². The number of nitrogens with zero attached hydrogens (tertiary/aromatic N) is 1. The third-order valence-electron chi connectivity index (χ3n) is 1.62. The van der Waals surface area contributed by atoms with Crippen LogP contribution >= 0.6 is 0 Å². The van der Waals surface area contributed by atoms with Crippen molar-refractivity contribution in [2.45, 2.75) is 13.0 Å². The molecule has 0 bridgehead atoms. The van der Waals surface area contributed by atoms with E-state index in [-0.39, 0.29) is 12.0 Å². The number of aromatic nitrogens is 1. The summed E-state index contributed by atoms with van der Waals surface area (Å²) < 4.78 is 4.57. The fraction of sp³-hybridized carbons (Fsp3) is 0.333. The first kappa shape index (κ1) is 9.51. The molecule has 1 aromatic rings. The average Bonchev–Trinajstić information content (AvgIpc) is 2.18. The van der Waals surface area contributed by atoms with E-state index in [0.717, 1.165) is 5.69 Å². The molecule has 0 aliphatic heterocycles. The van der Waals surface area contributed by atoms with Crippen molar-refractivity contribution >= 4 is 11.7 Å². The van der Waals surface area contributed by atoms with Crippen molar-refractivity contribution in [3.05, 3.63) is 24.5 Å². The Bertz CT molecular complexity index is 274. The SMILES string of the molecule is COC(=O)[C@H](C)Nc1ccncc1. The molecule has 1 aromatic heterocycles. The highest BCUT2D eigenvalue weighted by Crippen LogP contribution is 2.05. The molecule has 0 saturated carbocycles. The summed E-state index contributed by atoms with van der Waals surface area (Å²) in [5.74, 6) is -0.281. The molecule has 70 valence electrons. The molecule has 0 aliphatic rings. The summed E-state index contributed by atoms with van der Waals surface area (Å²) in [5.41, 5.74) is 0.855. The van der Waals surface area contributed by atoms with E-state index in [2.05, 4.69) is 15.0 Å². The second-order valence-electron chi connectivity index (χ2n) is 2.63. The normalized spacial score (nSPS) is 11.8. The van der Waals surface area contributed by atoms with Crippen LogP contribution in [0.5, 0.6) is 0 Å². The van der Waals surface area contributed by atoms with Gasteiger partial charge >= 0.3 is 5.97 Å². The molecule has 0 radical (unpaired) electrons. The van der Waals surface area contributed by atoms with E-state index in [1.807, 2.05) is 0 Å². The topological polar surface area (TPSA) is 51.2 Å². The Morgan fingerprint density at radius 1 is 1.54 bits per heavy atom. The lowest BCUT2D eigenvalue weighted by Gasteiger charge is -2.11. The number of nitrogens with one attached hydrogen (secondary N) is 1. The van der Waals surface area contributed by atoms with E-state index >= 15 is 0 Å². The molecule has 1 N–H and O–H groups in total. The number of esters is 1. The van der Waals surface area contributed by atoms with Gasteiger partial charge in [0.15, 0.2) is 0 Å². The van der Waals surface area contributed by atoms with Crippen molar-refractivity contribution in [2.75, 3.05) is 12.4 Å². The van der Waals surface area contributed by atoms with Crippen LogP contribution in [0.1, 0.15) is 6.92 Å². The Morgan fingerprint density at radius 2 is 2.15 bits per heavy atom. The van der Waals surface area contributed by atoms with Gasteiger partial charge in [0.1, 0.15) is 6.04 Å². The largest absolute Gasteiger partial charge is 0.467 e. The van der Waals surface area contributed by atoms with Crippen molar-refractivity contribution in [3.8, 4) is 0 Å². The molecule has 4 nitrogen and oxygen atoms in total. The third kappa shape index (κ3) is 2.74. The van der Waals surface area contributed by atoms with Crippen LogP contribution in [-0.4, -0.2) is 24.1 Å². The van der Waals surface area contributed by atoms with E-state index in [0.29, 0.717) is 0 Å². The number of rotatable bonds is 3. The minimum absolute atomic E-state index is 0.281. The first-order chi connectivity index (χ1) is 6.24. The van der Waals surface area contributed by atoms with E-state index in [9.17, 15) is 4.79 Å². The van der Waals surface area contributed by atoms with Gasteiger partial charge in [-0.1, -0.05) is 0 Å². The number of carbonyl (C=O) groups is 1. The molecule has 13 heavy (non-hydrogen) atoms. The lowest BCUT2D eigenvalue weighted by Crippen LogP contribution is -2.27. The lowest BCUT2D eigenvalue weighted by molar-refractivity contribution is -0.141. The van der Waals surface area contributed by atoms with Crippen LogP contribution in [0, 0.1) is 0 Å². The molecule has 0 aliphatic carbocycles. The zero-order valence-corrected chi connectivity index (χ0v) is 7.65. The van der Waals surface area contributed by atoms with Crippen LogP contribution in [0.3, 0.4) is 0 Å². The molecular weight excluding hydrogens is 168 g/mol. The van der Waals surface area contributed by atoms with Crippen molar-refractivity contribution in [1.82, 2.24) is 4.98 Å². The van der Waals surface area contributed by atoms with Gasteiger partial charge in [0.2, 0.25) is 0 Å². The second-order valence-corrected chi connectivity index (χ2v) is 2.63. The van der Waals surface area contributed by atoms with E-state index in [1.165, 1.54) is 7.11 Å². The summed E-state index contributed by atoms with van der Waals surface area (Å²) in [6, 6.07) is 3.24. The van der Waals surface area contributed by atoms with E-state index in [4.69, 9.17) is 0 Å². The third-order valence-corrected chi connectivity index (χ3v) is 1.62. The number of hydrogen-bond acceptors (Lipinski definition) is 4. The van der Waals surface area contributed by atoms with Crippen LogP contribution in [0.25, 0.3) is 0 Å². The summed E-state index contributed by atoms with van der Waals surface area (Å²) in [6.07, 6.45) is 3.32. The maximum absolute atomic E-state index is 11.0. The fourth-order valence-corrected chi connectivity index (χ4v) is 0.934. The maximum atomic E-state index is 11.0. The first-order valence-corrected chi connectivity index (χ1v) is 3.98. The monoisotopic (exact) mass is 180 g/mol. The molecule has 0 fully saturated rings. The number of hydrogen-bond donors (Lipinski definition) is 1. The molecular formula is C9H12N2O2. The second kappa shape index (κ2) is 4.45. The summed E-state index contributed by atoms with van der Waals surface area (Å²) in [6.45, 7) is 1.74. The van der Waals surface area contributed by atoms with Crippen LogP contribution in [-0.2, 0) is 9.53 Å². The van der Waals surface area contributed by atoms with Gasteiger partial charge in [-0.2, -0.15) is 0 Å². The van der Waals surface area contributed by atoms with Crippen molar-refractivity contribution < 1.29 is 9.53 Å². The molecule has 4 heteroatoms. The standard InChI is InChI=1S/C9H12N2O2/c1-7(9(12)13-2)11-8-3-5-10-6-4-8/h3-7H,1-2H3,(H,10,11)/t7-/m0/s1. The Kier molecular flexibility index (Phi) is 3.25. The van der Waals surface area contributed by atoms with Gasteiger partial charge in [0, 0.05) is 18.1 Å².